The van der Waals surface area contributed by atoms with Gasteiger partial charge in [0.2, 0.25) is 0 Å². The van der Waals surface area contributed by atoms with E-state index in [4.69, 9.17) is 4.84 Å². The molecule has 1 aliphatic heterocycles. The van der Waals surface area contributed by atoms with Crippen molar-refractivity contribution in [3.05, 3.63) is 60.2 Å². The van der Waals surface area contributed by atoms with Crippen molar-refractivity contribution in [3.8, 4) is 0 Å². The van der Waals surface area contributed by atoms with Crippen LogP contribution in [0.4, 0.5) is 0 Å². The van der Waals surface area contributed by atoms with Crippen LogP contribution < -0.4 is 0 Å². The van der Waals surface area contributed by atoms with Crippen LogP contribution in [0.25, 0.3) is 0 Å². The highest BCUT2D eigenvalue weighted by Gasteiger charge is 2.39. The maximum atomic E-state index is 11.8. The van der Waals surface area contributed by atoms with Gasteiger partial charge in [0, 0.05) is 31.6 Å². The number of unbranched alkanes of at least 4 members (excludes halogenated alkanes) is 1. The van der Waals surface area contributed by atoms with E-state index in [2.05, 4.69) is 0 Å². The lowest BCUT2D eigenvalue weighted by molar-refractivity contribution is -0.197. The highest BCUT2D eigenvalue weighted by atomic mass is 16.7. The summed E-state index contributed by atoms with van der Waals surface area (Å²) in [6.45, 7) is 0. The second kappa shape index (κ2) is 13.3. The van der Waals surface area contributed by atoms with Gasteiger partial charge in [0.1, 0.15) is 0 Å². The van der Waals surface area contributed by atoms with Crippen LogP contribution in [-0.2, 0) is 25.6 Å². The maximum absolute atomic E-state index is 11.8. The molecule has 35 heavy (non-hydrogen) atoms. The number of amides is 2. The largest absolute Gasteiger partial charge is 0.393 e. The molecule has 8 nitrogen and oxygen atoms in total. The predicted molar refractivity (Wildman–Crippen MR) is 128 cm³/mol. The van der Waals surface area contributed by atoms with Crippen LogP contribution in [0.5, 0.6) is 0 Å². The molecule has 1 aromatic rings. The first-order valence-electron chi connectivity index (χ1n) is 12.3. The Kier molecular flexibility index (Phi) is 10.2. The van der Waals surface area contributed by atoms with Gasteiger partial charge in [-0.15, -0.1) is 5.06 Å². The average Bonchev–Trinajstić information content (AvgIpc) is 3.30. The molecule has 0 spiro atoms. The third-order valence-corrected chi connectivity index (χ3v) is 6.57. The van der Waals surface area contributed by atoms with Gasteiger partial charge in [-0.25, -0.2) is 4.79 Å². The van der Waals surface area contributed by atoms with Crippen molar-refractivity contribution in [1.29, 1.82) is 0 Å². The van der Waals surface area contributed by atoms with Gasteiger partial charge < -0.3 is 20.2 Å². The van der Waals surface area contributed by atoms with Crippen molar-refractivity contribution < 1.29 is 34.5 Å². The molecule has 190 valence electrons. The summed E-state index contributed by atoms with van der Waals surface area (Å²) in [4.78, 5) is 39.6. The molecule has 2 aliphatic rings. The lowest BCUT2D eigenvalue weighted by atomic mass is 9.89. The van der Waals surface area contributed by atoms with Crippen molar-refractivity contribution in [2.45, 2.75) is 76.1 Å². The van der Waals surface area contributed by atoms with Crippen LogP contribution in [0, 0.1) is 11.8 Å². The number of carbonyl (C=O) groups is 3. The average molecular weight is 486 g/mol. The Labute approximate surface area is 205 Å². The van der Waals surface area contributed by atoms with Crippen LogP contribution in [0.2, 0.25) is 0 Å². The van der Waals surface area contributed by atoms with Crippen LogP contribution in [-0.4, -0.2) is 56.5 Å². The number of hydroxylamine groups is 2. The van der Waals surface area contributed by atoms with E-state index in [0.717, 1.165) is 12.0 Å². The minimum Gasteiger partial charge on any atom is -0.393 e. The third kappa shape index (κ3) is 8.13. The standard InChI is InChI=1S/C27H35NO7/c29-20(13-12-19-8-4-3-5-9-19)14-15-22-21(23(30)18-24(22)31)10-6-1-2-7-11-27(34)35-28-25(32)16-17-26(28)33/h1,3-6,8-9,14-15,20-24,29-31H,2,7,10-13,16-18H2/b6-1-,15-14+/t20-,21+,22+,23-,24+/m0/s1. The van der Waals surface area contributed by atoms with Crippen molar-refractivity contribution in [3.63, 3.8) is 0 Å². The summed E-state index contributed by atoms with van der Waals surface area (Å²) < 4.78 is 0. The first kappa shape index (κ1) is 26.8. The van der Waals surface area contributed by atoms with Gasteiger partial charge >= 0.3 is 5.97 Å². The molecule has 2 amide bonds. The fourth-order valence-electron chi connectivity index (χ4n) is 4.56. The van der Waals surface area contributed by atoms with E-state index in [0.29, 0.717) is 37.2 Å². The summed E-state index contributed by atoms with van der Waals surface area (Å²) in [7, 11) is 0. The smallest absolute Gasteiger partial charge is 0.333 e. The van der Waals surface area contributed by atoms with Gasteiger partial charge in [0.15, 0.2) is 0 Å². The number of aliphatic hydroxyl groups excluding tert-OH is 3. The van der Waals surface area contributed by atoms with E-state index in [1.807, 2.05) is 48.6 Å². The van der Waals surface area contributed by atoms with Gasteiger partial charge in [-0.3, -0.25) is 9.59 Å². The SMILES string of the molecule is O=C(CCC/C=C\C[C@@H]1[C@@H](/C=C/[C@@H](O)CCc2ccccc2)[C@H](O)C[C@@H]1O)ON1C(=O)CCC1=O. The summed E-state index contributed by atoms with van der Waals surface area (Å²) >= 11 is 0. The van der Waals surface area contributed by atoms with E-state index >= 15 is 0 Å². The number of benzene rings is 1. The second-order valence-corrected chi connectivity index (χ2v) is 9.23. The molecule has 1 aliphatic carbocycles. The summed E-state index contributed by atoms with van der Waals surface area (Å²) in [5.74, 6) is -2.00. The Hall–Kier alpha value is -2.81. The predicted octanol–water partition coefficient (Wildman–Crippen LogP) is 2.62. The van der Waals surface area contributed by atoms with Gasteiger partial charge in [-0.05, 0) is 43.6 Å². The first-order chi connectivity index (χ1) is 16.8. The van der Waals surface area contributed by atoms with Crippen molar-refractivity contribution in [1.82, 2.24) is 5.06 Å². The number of rotatable bonds is 12. The van der Waals surface area contributed by atoms with Gasteiger partial charge in [0.25, 0.3) is 11.8 Å². The Morgan fingerprint density at radius 2 is 1.80 bits per heavy atom. The van der Waals surface area contributed by atoms with Gasteiger partial charge in [0.05, 0.1) is 18.3 Å². The Bertz CT molecular complexity index is 897. The molecular weight excluding hydrogens is 450 g/mol. The van der Waals surface area contributed by atoms with E-state index in [1.54, 1.807) is 6.08 Å². The lowest BCUT2D eigenvalue weighted by Gasteiger charge is -2.19. The van der Waals surface area contributed by atoms with Gasteiger partial charge in [-0.2, -0.15) is 0 Å². The molecular formula is C27H35NO7. The Morgan fingerprint density at radius 1 is 1.09 bits per heavy atom. The number of imide groups is 1. The second-order valence-electron chi connectivity index (χ2n) is 9.23. The highest BCUT2D eigenvalue weighted by molar-refractivity contribution is 6.01. The Balaban J connectivity index is 1.38. The number of hydrogen-bond donors (Lipinski definition) is 3. The van der Waals surface area contributed by atoms with Crippen molar-refractivity contribution in [2.24, 2.45) is 11.8 Å². The topological polar surface area (TPSA) is 124 Å². The summed E-state index contributed by atoms with van der Waals surface area (Å²) in [6, 6.07) is 9.94. The number of carbonyl (C=O) groups excluding carboxylic acids is 3. The zero-order valence-corrected chi connectivity index (χ0v) is 19.9. The van der Waals surface area contributed by atoms with E-state index in [-0.39, 0.29) is 31.1 Å². The molecule has 8 heteroatoms. The molecule has 5 atom stereocenters. The van der Waals surface area contributed by atoms with Crippen LogP contribution in [0.1, 0.15) is 56.9 Å². The molecule has 3 N–H and O–H groups in total. The fraction of sp³-hybridized carbons (Fsp3) is 0.519. The normalized spacial score (nSPS) is 25.7. The molecule has 1 saturated carbocycles. The molecule has 3 rings (SSSR count). The zero-order valence-electron chi connectivity index (χ0n) is 19.9. The van der Waals surface area contributed by atoms with E-state index < -0.39 is 36.1 Å². The molecule has 0 radical (unpaired) electrons. The number of aryl methyl sites for hydroxylation is 1. The van der Waals surface area contributed by atoms with E-state index in [9.17, 15) is 29.7 Å². The van der Waals surface area contributed by atoms with Crippen molar-refractivity contribution >= 4 is 17.8 Å². The number of hydrogen-bond acceptors (Lipinski definition) is 7. The zero-order chi connectivity index (χ0) is 25.2. The number of aliphatic hydroxyl groups is 3. The number of allylic oxidation sites excluding steroid dienone is 2. The van der Waals surface area contributed by atoms with Crippen LogP contribution >= 0.6 is 0 Å². The lowest BCUT2D eigenvalue weighted by Crippen LogP contribution is -2.31. The molecule has 1 heterocycles. The highest BCUT2D eigenvalue weighted by Crippen LogP contribution is 2.36. The summed E-state index contributed by atoms with van der Waals surface area (Å²) in [5.41, 5.74) is 1.16. The monoisotopic (exact) mass is 485 g/mol. The third-order valence-electron chi connectivity index (χ3n) is 6.57. The minimum atomic E-state index is -0.660. The minimum absolute atomic E-state index is 0.0688. The Morgan fingerprint density at radius 3 is 2.51 bits per heavy atom. The molecule has 1 saturated heterocycles. The summed E-state index contributed by atoms with van der Waals surface area (Å²) in [6.07, 6.45) is 8.98. The van der Waals surface area contributed by atoms with E-state index in [1.165, 1.54) is 0 Å². The fourth-order valence-corrected chi connectivity index (χ4v) is 4.56. The molecule has 2 fully saturated rings. The van der Waals surface area contributed by atoms with Gasteiger partial charge in [-0.1, -0.05) is 54.6 Å². The molecule has 1 aromatic carbocycles. The molecule has 0 unspecified atom stereocenters. The van der Waals surface area contributed by atoms with Crippen LogP contribution in [0.15, 0.2) is 54.6 Å². The maximum Gasteiger partial charge on any atom is 0.333 e. The summed E-state index contributed by atoms with van der Waals surface area (Å²) in [5, 5.41) is 31.7. The molecule has 0 bridgehead atoms. The number of nitrogens with zero attached hydrogens (tertiary/aromatic N) is 1. The first-order valence-corrected chi connectivity index (χ1v) is 12.3. The quantitative estimate of drug-likeness (QED) is 0.236. The van der Waals surface area contributed by atoms with Crippen LogP contribution in [0.3, 0.4) is 0 Å². The van der Waals surface area contributed by atoms with Crippen molar-refractivity contribution in [2.75, 3.05) is 0 Å². The molecule has 0 aromatic heterocycles.